The number of hydrogen-bond donors (Lipinski definition) is 1. The van der Waals surface area contributed by atoms with E-state index in [4.69, 9.17) is 0 Å². The highest BCUT2D eigenvalue weighted by Crippen LogP contribution is 2.31. The van der Waals surface area contributed by atoms with E-state index in [1.807, 2.05) is 30.3 Å². The predicted molar refractivity (Wildman–Crippen MR) is 87.1 cm³/mol. The summed E-state index contributed by atoms with van der Waals surface area (Å²) in [5.41, 5.74) is 5.12. The van der Waals surface area contributed by atoms with E-state index in [2.05, 4.69) is 24.4 Å². The molecule has 1 N–H and O–H groups in total. The molecule has 21 heavy (non-hydrogen) atoms. The fourth-order valence-electron chi connectivity index (χ4n) is 2.99. The van der Waals surface area contributed by atoms with Crippen LogP contribution in [-0.2, 0) is 6.42 Å². The van der Waals surface area contributed by atoms with Gasteiger partial charge >= 0.3 is 0 Å². The summed E-state index contributed by atoms with van der Waals surface area (Å²) in [6, 6.07) is 14.0. The van der Waals surface area contributed by atoms with Gasteiger partial charge in [-0.05, 0) is 23.6 Å². The molecule has 3 rings (SSSR count). The van der Waals surface area contributed by atoms with Crippen molar-refractivity contribution in [1.29, 1.82) is 0 Å². The molecule has 0 fully saturated rings. The molecule has 1 aliphatic rings. The van der Waals surface area contributed by atoms with Crippen molar-refractivity contribution in [2.45, 2.75) is 32.6 Å². The molecular weight excluding hydrogens is 258 g/mol. The smallest absolute Gasteiger partial charge is 0.193 e. The molecule has 0 aromatic heterocycles. The fourth-order valence-corrected chi connectivity index (χ4v) is 2.99. The van der Waals surface area contributed by atoms with Gasteiger partial charge in [-0.1, -0.05) is 56.2 Å². The minimum atomic E-state index is 0.157. The maximum absolute atomic E-state index is 12.6. The van der Waals surface area contributed by atoms with Crippen molar-refractivity contribution in [2.75, 3.05) is 11.9 Å². The van der Waals surface area contributed by atoms with E-state index in [0.29, 0.717) is 0 Å². The van der Waals surface area contributed by atoms with Gasteiger partial charge < -0.3 is 5.32 Å². The molecule has 0 bridgehead atoms. The van der Waals surface area contributed by atoms with E-state index < -0.39 is 0 Å². The molecule has 2 heteroatoms. The molecule has 2 aromatic rings. The van der Waals surface area contributed by atoms with Crippen LogP contribution in [0.1, 0.15) is 53.2 Å². The Balaban J connectivity index is 1.88. The summed E-state index contributed by atoms with van der Waals surface area (Å²) in [4.78, 5) is 12.6. The van der Waals surface area contributed by atoms with Gasteiger partial charge in [-0.15, -0.1) is 0 Å². The number of hydrogen-bond acceptors (Lipinski definition) is 2. The highest BCUT2D eigenvalue weighted by Gasteiger charge is 2.24. The van der Waals surface area contributed by atoms with Gasteiger partial charge in [0, 0.05) is 29.8 Å². The minimum absolute atomic E-state index is 0.157. The zero-order chi connectivity index (χ0) is 14.7. The van der Waals surface area contributed by atoms with Crippen LogP contribution in [0.2, 0.25) is 0 Å². The Labute approximate surface area is 126 Å². The van der Waals surface area contributed by atoms with Crippen molar-refractivity contribution in [3.63, 3.8) is 0 Å². The summed E-state index contributed by atoms with van der Waals surface area (Å²) >= 11 is 0. The van der Waals surface area contributed by atoms with Crippen molar-refractivity contribution in [3.05, 3.63) is 64.7 Å². The summed E-state index contributed by atoms with van der Waals surface area (Å²) in [6.45, 7) is 3.18. The van der Waals surface area contributed by atoms with Gasteiger partial charge in [0.25, 0.3) is 0 Å². The molecule has 0 unspecified atom stereocenters. The van der Waals surface area contributed by atoms with Crippen LogP contribution in [0.3, 0.4) is 0 Å². The predicted octanol–water partition coefficient (Wildman–Crippen LogP) is 4.42. The molecule has 2 nitrogen and oxygen atoms in total. The van der Waals surface area contributed by atoms with Crippen LogP contribution in [-0.4, -0.2) is 12.3 Å². The Morgan fingerprint density at radius 3 is 2.67 bits per heavy atom. The third kappa shape index (κ3) is 2.71. The summed E-state index contributed by atoms with van der Waals surface area (Å²) in [6.07, 6.45) is 4.48. The van der Waals surface area contributed by atoms with E-state index in [-0.39, 0.29) is 5.78 Å². The first kappa shape index (κ1) is 13.9. The topological polar surface area (TPSA) is 29.1 Å². The van der Waals surface area contributed by atoms with E-state index in [9.17, 15) is 4.79 Å². The molecule has 108 valence electrons. The third-order valence-corrected chi connectivity index (χ3v) is 4.15. The number of anilines is 1. The molecule has 1 aliphatic carbocycles. The first-order valence-corrected chi connectivity index (χ1v) is 7.79. The lowest BCUT2D eigenvalue weighted by atomic mass is 9.84. The molecule has 0 saturated heterocycles. The second kappa shape index (κ2) is 6.13. The molecule has 0 spiro atoms. The van der Waals surface area contributed by atoms with Crippen LogP contribution < -0.4 is 5.32 Å². The van der Waals surface area contributed by atoms with Crippen molar-refractivity contribution < 1.29 is 4.79 Å². The number of rotatable bonds is 5. The summed E-state index contributed by atoms with van der Waals surface area (Å²) in [7, 11) is 0. The van der Waals surface area contributed by atoms with Crippen molar-refractivity contribution in [1.82, 2.24) is 0 Å². The van der Waals surface area contributed by atoms with E-state index >= 15 is 0 Å². The quantitative estimate of drug-likeness (QED) is 0.700. The number of ketones is 1. The van der Waals surface area contributed by atoms with Gasteiger partial charge in [-0.3, -0.25) is 4.79 Å². The lowest BCUT2D eigenvalue weighted by Gasteiger charge is -2.21. The number of benzene rings is 2. The number of carbonyl (C=O) groups is 1. The van der Waals surface area contributed by atoms with Crippen molar-refractivity contribution in [2.24, 2.45) is 0 Å². The number of nitrogens with one attached hydrogen (secondary N) is 1. The molecule has 0 radical (unpaired) electrons. The SMILES string of the molecule is CCCCCNc1cccc2c1Cc1ccccc1C2=O. The zero-order valence-electron chi connectivity index (χ0n) is 12.5. The zero-order valence-corrected chi connectivity index (χ0v) is 12.5. The third-order valence-electron chi connectivity index (χ3n) is 4.15. The van der Waals surface area contributed by atoms with E-state index in [1.165, 1.54) is 19.3 Å². The molecular formula is C19H21NO. The van der Waals surface area contributed by atoms with Gasteiger partial charge in [0.05, 0.1) is 0 Å². The van der Waals surface area contributed by atoms with Gasteiger partial charge in [0.1, 0.15) is 0 Å². The Kier molecular flexibility index (Phi) is 4.05. The average Bonchev–Trinajstić information content (AvgIpc) is 2.52. The molecule has 0 atom stereocenters. The molecule has 0 aliphatic heterocycles. The van der Waals surface area contributed by atoms with Gasteiger partial charge in [0.2, 0.25) is 0 Å². The van der Waals surface area contributed by atoms with Crippen LogP contribution in [0.15, 0.2) is 42.5 Å². The second-order valence-electron chi connectivity index (χ2n) is 5.63. The van der Waals surface area contributed by atoms with Crippen LogP contribution in [0.4, 0.5) is 5.69 Å². The lowest BCUT2D eigenvalue weighted by Crippen LogP contribution is -2.17. The van der Waals surface area contributed by atoms with Gasteiger partial charge in [-0.2, -0.15) is 0 Å². The van der Waals surface area contributed by atoms with Crippen molar-refractivity contribution >= 4 is 11.5 Å². The van der Waals surface area contributed by atoms with Crippen LogP contribution >= 0.6 is 0 Å². The van der Waals surface area contributed by atoms with E-state index in [1.54, 1.807) is 0 Å². The Bertz CT molecular complexity index is 660. The Hall–Kier alpha value is -2.09. The summed E-state index contributed by atoms with van der Waals surface area (Å²) in [5.74, 6) is 0.157. The minimum Gasteiger partial charge on any atom is -0.385 e. The van der Waals surface area contributed by atoms with Crippen LogP contribution in [0.25, 0.3) is 0 Å². The highest BCUT2D eigenvalue weighted by atomic mass is 16.1. The fraction of sp³-hybridized carbons (Fsp3) is 0.316. The monoisotopic (exact) mass is 279 g/mol. The highest BCUT2D eigenvalue weighted by molar-refractivity contribution is 6.13. The summed E-state index contributed by atoms with van der Waals surface area (Å²) < 4.78 is 0. The maximum Gasteiger partial charge on any atom is 0.193 e. The Morgan fingerprint density at radius 1 is 1.00 bits per heavy atom. The van der Waals surface area contributed by atoms with Crippen LogP contribution in [0.5, 0.6) is 0 Å². The van der Waals surface area contributed by atoms with Gasteiger partial charge in [-0.25, -0.2) is 0 Å². The van der Waals surface area contributed by atoms with Gasteiger partial charge in [0.15, 0.2) is 5.78 Å². The lowest BCUT2D eigenvalue weighted by molar-refractivity contribution is 0.103. The normalized spacial score (nSPS) is 12.7. The largest absolute Gasteiger partial charge is 0.385 e. The molecule has 2 aromatic carbocycles. The number of unbranched alkanes of at least 4 members (excludes halogenated alkanes) is 2. The molecule has 0 heterocycles. The number of fused-ring (bicyclic) bond motifs is 2. The van der Waals surface area contributed by atoms with Crippen molar-refractivity contribution in [3.8, 4) is 0 Å². The standard InChI is InChI=1S/C19H21NO/c1-2-3-6-12-20-18-11-7-10-16-17(18)13-14-8-4-5-9-15(14)19(16)21/h4-5,7-11,20H,2-3,6,12-13H2,1H3. The first-order valence-electron chi connectivity index (χ1n) is 7.79. The molecule has 0 saturated carbocycles. The summed E-state index contributed by atoms with van der Waals surface area (Å²) in [5, 5.41) is 3.51. The second-order valence-corrected chi connectivity index (χ2v) is 5.63. The maximum atomic E-state index is 12.6. The van der Waals surface area contributed by atoms with E-state index in [0.717, 1.165) is 40.9 Å². The number of carbonyl (C=O) groups excluding carboxylic acids is 1. The molecule has 0 amide bonds. The Morgan fingerprint density at radius 2 is 1.81 bits per heavy atom. The average molecular weight is 279 g/mol. The first-order chi connectivity index (χ1) is 10.3. The van der Waals surface area contributed by atoms with Crippen LogP contribution in [0, 0.1) is 0 Å².